The Bertz CT molecular complexity index is 433. The highest BCUT2D eigenvalue weighted by molar-refractivity contribution is 5.70. The minimum absolute atomic E-state index is 0.714. The quantitative estimate of drug-likeness (QED) is 0.703. The highest BCUT2D eigenvalue weighted by atomic mass is 15.2. The van der Waals surface area contributed by atoms with Crippen molar-refractivity contribution in [3.8, 4) is 11.4 Å². The first kappa shape index (κ1) is 8.74. The number of aromatic nitrogens is 3. The van der Waals surface area contributed by atoms with E-state index in [0.29, 0.717) is 5.69 Å². The van der Waals surface area contributed by atoms with Crippen LogP contribution in [0.4, 0.5) is 5.69 Å². The minimum Gasteiger partial charge on any atom is -0.398 e. The smallest absolute Gasteiger partial charge is 0.157 e. The van der Waals surface area contributed by atoms with Gasteiger partial charge in [0, 0.05) is 17.7 Å². The number of nitrogens with one attached hydrogen (secondary N) is 1. The Morgan fingerprint density at radius 1 is 1.36 bits per heavy atom. The summed E-state index contributed by atoms with van der Waals surface area (Å²) in [5.74, 6) is 1.54. The molecule has 14 heavy (non-hydrogen) atoms. The number of rotatable bonds is 2. The van der Waals surface area contributed by atoms with Gasteiger partial charge in [-0.15, -0.1) is 0 Å². The van der Waals surface area contributed by atoms with Crippen molar-refractivity contribution in [2.24, 2.45) is 0 Å². The Morgan fingerprint density at radius 3 is 2.79 bits per heavy atom. The zero-order chi connectivity index (χ0) is 9.97. The van der Waals surface area contributed by atoms with Gasteiger partial charge in [0.2, 0.25) is 0 Å². The van der Waals surface area contributed by atoms with Crippen LogP contribution in [0.15, 0.2) is 24.3 Å². The van der Waals surface area contributed by atoms with Crippen molar-refractivity contribution in [3.63, 3.8) is 0 Å². The molecule has 0 aliphatic carbocycles. The van der Waals surface area contributed by atoms with Crippen LogP contribution in [-0.2, 0) is 6.42 Å². The maximum Gasteiger partial charge on any atom is 0.157 e. The number of nitrogens with zero attached hydrogens (tertiary/aromatic N) is 2. The maximum absolute atomic E-state index is 5.82. The molecule has 0 aliphatic rings. The third kappa shape index (κ3) is 1.46. The summed E-state index contributed by atoms with van der Waals surface area (Å²) in [6.45, 7) is 2.02. The van der Waals surface area contributed by atoms with Crippen molar-refractivity contribution in [3.05, 3.63) is 30.1 Å². The second-order valence-corrected chi connectivity index (χ2v) is 3.04. The van der Waals surface area contributed by atoms with Gasteiger partial charge in [-0.2, -0.15) is 5.10 Å². The fourth-order valence-corrected chi connectivity index (χ4v) is 1.29. The molecule has 0 amide bonds. The zero-order valence-electron chi connectivity index (χ0n) is 7.99. The fourth-order valence-electron chi connectivity index (χ4n) is 1.29. The molecule has 0 saturated carbocycles. The lowest BCUT2D eigenvalue weighted by atomic mass is 10.2. The van der Waals surface area contributed by atoms with Crippen molar-refractivity contribution in [2.45, 2.75) is 13.3 Å². The number of aromatic amines is 1. The van der Waals surface area contributed by atoms with Gasteiger partial charge in [0.15, 0.2) is 11.6 Å². The normalized spacial score (nSPS) is 10.4. The van der Waals surface area contributed by atoms with Crippen molar-refractivity contribution in [2.75, 3.05) is 5.73 Å². The molecular weight excluding hydrogens is 176 g/mol. The monoisotopic (exact) mass is 188 g/mol. The van der Waals surface area contributed by atoms with Gasteiger partial charge < -0.3 is 5.73 Å². The molecule has 0 spiro atoms. The van der Waals surface area contributed by atoms with E-state index in [9.17, 15) is 0 Å². The van der Waals surface area contributed by atoms with E-state index < -0.39 is 0 Å². The summed E-state index contributed by atoms with van der Waals surface area (Å²) in [6.07, 6.45) is 0.823. The lowest BCUT2D eigenvalue weighted by molar-refractivity contribution is 0.946. The van der Waals surface area contributed by atoms with Gasteiger partial charge in [0.25, 0.3) is 0 Å². The molecule has 4 nitrogen and oxygen atoms in total. The number of hydrogen-bond donors (Lipinski definition) is 2. The van der Waals surface area contributed by atoms with Crippen LogP contribution in [0, 0.1) is 0 Å². The van der Waals surface area contributed by atoms with Crippen molar-refractivity contribution >= 4 is 5.69 Å². The average molecular weight is 188 g/mol. The molecular formula is C10H12N4. The van der Waals surface area contributed by atoms with Crippen molar-refractivity contribution in [1.29, 1.82) is 0 Å². The molecule has 1 aromatic carbocycles. The zero-order valence-corrected chi connectivity index (χ0v) is 7.99. The number of nitrogen functional groups attached to an aromatic ring is 1. The van der Waals surface area contributed by atoms with Gasteiger partial charge in [-0.1, -0.05) is 19.1 Å². The highest BCUT2D eigenvalue weighted by Crippen LogP contribution is 2.21. The van der Waals surface area contributed by atoms with Crippen molar-refractivity contribution in [1.82, 2.24) is 15.2 Å². The molecule has 0 fully saturated rings. The molecule has 2 rings (SSSR count). The van der Waals surface area contributed by atoms with E-state index in [2.05, 4.69) is 15.2 Å². The number of hydrogen-bond acceptors (Lipinski definition) is 3. The van der Waals surface area contributed by atoms with E-state index in [-0.39, 0.29) is 0 Å². The summed E-state index contributed by atoms with van der Waals surface area (Å²) in [4.78, 5) is 4.31. The topological polar surface area (TPSA) is 67.6 Å². The first-order valence-corrected chi connectivity index (χ1v) is 4.57. The molecule has 0 aliphatic heterocycles. The predicted molar refractivity (Wildman–Crippen MR) is 55.6 cm³/mol. The number of benzene rings is 1. The van der Waals surface area contributed by atoms with Crippen LogP contribution in [0.25, 0.3) is 11.4 Å². The van der Waals surface area contributed by atoms with Gasteiger partial charge in [0.05, 0.1) is 0 Å². The number of para-hydroxylation sites is 1. The molecule has 3 N–H and O–H groups in total. The van der Waals surface area contributed by atoms with E-state index in [1.165, 1.54) is 0 Å². The summed E-state index contributed by atoms with van der Waals surface area (Å²) in [5.41, 5.74) is 7.43. The Kier molecular flexibility index (Phi) is 2.18. The fraction of sp³-hybridized carbons (Fsp3) is 0.200. The van der Waals surface area contributed by atoms with Crippen LogP contribution < -0.4 is 5.73 Å². The molecule has 0 bridgehead atoms. The molecule has 1 aromatic heterocycles. The van der Waals surface area contributed by atoms with E-state index >= 15 is 0 Å². The second kappa shape index (κ2) is 3.49. The largest absolute Gasteiger partial charge is 0.398 e. The van der Waals surface area contributed by atoms with E-state index in [1.807, 2.05) is 31.2 Å². The Morgan fingerprint density at radius 2 is 2.14 bits per heavy atom. The van der Waals surface area contributed by atoms with Gasteiger partial charge in [0.1, 0.15) is 0 Å². The van der Waals surface area contributed by atoms with Gasteiger partial charge in [-0.3, -0.25) is 5.10 Å². The third-order valence-corrected chi connectivity index (χ3v) is 2.06. The molecule has 1 heterocycles. The Hall–Kier alpha value is -1.84. The van der Waals surface area contributed by atoms with E-state index in [4.69, 9.17) is 5.73 Å². The first-order valence-electron chi connectivity index (χ1n) is 4.57. The molecule has 4 heteroatoms. The summed E-state index contributed by atoms with van der Waals surface area (Å²) in [7, 11) is 0. The molecule has 0 unspecified atom stereocenters. The van der Waals surface area contributed by atoms with Crippen LogP contribution in [0.2, 0.25) is 0 Å². The van der Waals surface area contributed by atoms with Gasteiger partial charge in [-0.05, 0) is 12.1 Å². The maximum atomic E-state index is 5.82. The number of anilines is 1. The lowest BCUT2D eigenvalue weighted by Gasteiger charge is -1.99. The first-order chi connectivity index (χ1) is 6.81. The SMILES string of the molecule is CCc1n[nH]c(-c2ccccc2N)n1. The standard InChI is InChI=1S/C10H12N4/c1-2-9-12-10(14-13-9)7-5-3-4-6-8(7)11/h3-6H,2,11H2,1H3,(H,12,13,14). The Balaban J connectivity index is 2.44. The lowest BCUT2D eigenvalue weighted by Crippen LogP contribution is -1.90. The second-order valence-electron chi connectivity index (χ2n) is 3.04. The number of H-pyrrole nitrogens is 1. The molecule has 72 valence electrons. The third-order valence-electron chi connectivity index (χ3n) is 2.06. The summed E-state index contributed by atoms with van der Waals surface area (Å²) >= 11 is 0. The summed E-state index contributed by atoms with van der Waals surface area (Å²) < 4.78 is 0. The number of aryl methyl sites for hydroxylation is 1. The predicted octanol–water partition coefficient (Wildman–Crippen LogP) is 1.62. The van der Waals surface area contributed by atoms with Crippen LogP contribution >= 0.6 is 0 Å². The number of nitrogens with two attached hydrogens (primary N) is 1. The van der Waals surface area contributed by atoms with E-state index in [1.54, 1.807) is 0 Å². The van der Waals surface area contributed by atoms with Crippen molar-refractivity contribution < 1.29 is 0 Å². The molecule has 0 radical (unpaired) electrons. The highest BCUT2D eigenvalue weighted by Gasteiger charge is 2.06. The van der Waals surface area contributed by atoms with Crippen LogP contribution in [0.5, 0.6) is 0 Å². The Labute approximate surface area is 82.2 Å². The molecule has 0 atom stereocenters. The average Bonchev–Trinajstić information content (AvgIpc) is 2.67. The molecule has 0 saturated heterocycles. The summed E-state index contributed by atoms with van der Waals surface area (Å²) in [6, 6.07) is 7.61. The minimum atomic E-state index is 0.714. The van der Waals surface area contributed by atoms with E-state index in [0.717, 1.165) is 23.6 Å². The van der Waals surface area contributed by atoms with Crippen LogP contribution in [0.1, 0.15) is 12.7 Å². The molecule has 2 aromatic rings. The van der Waals surface area contributed by atoms with Gasteiger partial charge in [-0.25, -0.2) is 4.98 Å². The summed E-state index contributed by atoms with van der Waals surface area (Å²) in [5, 5.41) is 6.93. The van der Waals surface area contributed by atoms with Crippen LogP contribution in [-0.4, -0.2) is 15.2 Å². The van der Waals surface area contributed by atoms with Gasteiger partial charge >= 0.3 is 0 Å². The van der Waals surface area contributed by atoms with Crippen LogP contribution in [0.3, 0.4) is 0 Å².